The first-order valence-electron chi connectivity index (χ1n) is 6.48. The average molecular weight is 288 g/mol. The van der Waals surface area contributed by atoms with Gasteiger partial charge in [-0.1, -0.05) is 24.4 Å². The Hall–Kier alpha value is -1.20. The molecule has 0 heterocycles. The van der Waals surface area contributed by atoms with E-state index in [0.717, 1.165) is 12.8 Å². The van der Waals surface area contributed by atoms with E-state index in [1.165, 1.54) is 18.9 Å². The Balaban J connectivity index is 1.87. The zero-order chi connectivity index (χ0) is 13.8. The van der Waals surface area contributed by atoms with E-state index in [1.54, 1.807) is 0 Å². The molecule has 1 aliphatic rings. The summed E-state index contributed by atoms with van der Waals surface area (Å²) in [5.74, 6) is -0.611. The quantitative estimate of drug-likeness (QED) is 0.575. The van der Waals surface area contributed by atoms with Crippen molar-refractivity contribution in [2.75, 3.05) is 29.9 Å². The highest BCUT2D eigenvalue weighted by Crippen LogP contribution is 2.33. The molecule has 0 aromatic heterocycles. The number of hydrogen-bond donors (Lipinski definition) is 3. The van der Waals surface area contributed by atoms with Crippen LogP contribution in [-0.4, -0.2) is 19.3 Å². The van der Waals surface area contributed by atoms with Gasteiger partial charge in [0.1, 0.15) is 5.02 Å². The fourth-order valence-electron chi connectivity index (χ4n) is 2.30. The molecule has 4 nitrogen and oxygen atoms in total. The molecule has 1 aromatic carbocycles. The van der Waals surface area contributed by atoms with Crippen LogP contribution in [-0.2, 0) is 4.74 Å². The lowest BCUT2D eigenvalue weighted by atomic mass is 10.2. The van der Waals surface area contributed by atoms with Crippen molar-refractivity contribution in [3.8, 4) is 0 Å². The average Bonchev–Trinajstić information content (AvgIpc) is 2.88. The first-order chi connectivity index (χ1) is 9.09. The molecule has 106 valence electrons. The van der Waals surface area contributed by atoms with Crippen molar-refractivity contribution in [1.29, 1.82) is 0 Å². The van der Waals surface area contributed by atoms with Gasteiger partial charge in [0.2, 0.25) is 0 Å². The van der Waals surface area contributed by atoms with Crippen molar-refractivity contribution >= 4 is 28.7 Å². The molecule has 1 fully saturated rings. The second-order valence-electron chi connectivity index (χ2n) is 4.76. The number of hydrogen-bond acceptors (Lipinski definition) is 4. The Bertz CT molecular complexity index is 450. The van der Waals surface area contributed by atoms with E-state index in [1.807, 2.05) is 0 Å². The van der Waals surface area contributed by atoms with Crippen LogP contribution in [0.3, 0.4) is 0 Å². The number of nitrogens with two attached hydrogens (primary N) is 2. The molecular weight excluding hydrogens is 269 g/mol. The van der Waals surface area contributed by atoms with Crippen LogP contribution in [0.2, 0.25) is 5.02 Å². The second kappa shape index (κ2) is 6.30. The summed E-state index contributed by atoms with van der Waals surface area (Å²) in [4.78, 5) is 0. The predicted molar refractivity (Wildman–Crippen MR) is 76.9 cm³/mol. The third kappa shape index (κ3) is 3.42. The van der Waals surface area contributed by atoms with Crippen LogP contribution in [0.25, 0.3) is 0 Å². The van der Waals surface area contributed by atoms with Crippen molar-refractivity contribution in [2.24, 2.45) is 0 Å². The molecule has 1 aliphatic carbocycles. The SMILES string of the molecule is Nc1cc(N)c(NCCOC2CCCC2)c(F)c1Cl. The van der Waals surface area contributed by atoms with E-state index in [4.69, 9.17) is 27.8 Å². The van der Waals surface area contributed by atoms with Gasteiger partial charge in [-0.05, 0) is 18.9 Å². The van der Waals surface area contributed by atoms with Gasteiger partial charge >= 0.3 is 0 Å². The van der Waals surface area contributed by atoms with E-state index in [2.05, 4.69) is 5.32 Å². The first kappa shape index (κ1) is 14.2. The first-order valence-corrected chi connectivity index (χ1v) is 6.86. The summed E-state index contributed by atoms with van der Waals surface area (Å²) >= 11 is 5.74. The molecule has 6 heteroatoms. The van der Waals surface area contributed by atoms with E-state index < -0.39 is 5.82 Å². The number of anilines is 3. The number of halogens is 2. The van der Waals surface area contributed by atoms with Crippen molar-refractivity contribution < 1.29 is 9.13 Å². The molecule has 5 N–H and O–H groups in total. The van der Waals surface area contributed by atoms with Gasteiger partial charge in [0.25, 0.3) is 0 Å². The van der Waals surface area contributed by atoms with Crippen molar-refractivity contribution in [1.82, 2.24) is 0 Å². The Kier molecular flexibility index (Phi) is 4.71. The standard InChI is InChI=1S/C13H19ClFN3O/c14-11-9(16)7-10(17)13(12(11)15)18-5-6-19-8-3-1-2-4-8/h7-8,18H,1-6,16-17H2. The third-order valence-corrected chi connectivity index (χ3v) is 3.71. The van der Waals surface area contributed by atoms with E-state index in [-0.39, 0.29) is 22.1 Å². The minimum absolute atomic E-state index is 0.103. The highest BCUT2D eigenvalue weighted by molar-refractivity contribution is 6.33. The summed E-state index contributed by atoms with van der Waals surface area (Å²) in [5.41, 5.74) is 11.8. The van der Waals surface area contributed by atoms with Gasteiger partial charge in [0.15, 0.2) is 5.82 Å². The van der Waals surface area contributed by atoms with Crippen LogP contribution in [0.15, 0.2) is 6.07 Å². The third-order valence-electron chi connectivity index (χ3n) is 3.32. The molecule has 0 bridgehead atoms. The van der Waals surface area contributed by atoms with Gasteiger partial charge in [0.05, 0.1) is 29.8 Å². The molecule has 0 atom stereocenters. The maximum absolute atomic E-state index is 13.9. The monoisotopic (exact) mass is 287 g/mol. The molecule has 1 saturated carbocycles. The predicted octanol–water partition coefficient (Wildman–Crippen LogP) is 3.01. The maximum atomic E-state index is 13.9. The minimum Gasteiger partial charge on any atom is -0.397 e. The number of benzene rings is 1. The fourth-order valence-corrected chi connectivity index (χ4v) is 2.45. The van der Waals surface area contributed by atoms with Crippen LogP contribution in [0, 0.1) is 5.82 Å². The largest absolute Gasteiger partial charge is 0.397 e. The molecule has 1 aromatic rings. The van der Waals surface area contributed by atoms with Crippen molar-refractivity contribution in [3.63, 3.8) is 0 Å². The normalized spacial score (nSPS) is 15.9. The van der Waals surface area contributed by atoms with Crippen molar-refractivity contribution in [2.45, 2.75) is 31.8 Å². The van der Waals surface area contributed by atoms with Gasteiger partial charge in [-0.3, -0.25) is 0 Å². The minimum atomic E-state index is -0.611. The summed E-state index contributed by atoms with van der Waals surface area (Å²) < 4.78 is 19.5. The van der Waals surface area contributed by atoms with Crippen LogP contribution in [0.4, 0.5) is 21.5 Å². The van der Waals surface area contributed by atoms with E-state index in [9.17, 15) is 4.39 Å². The van der Waals surface area contributed by atoms with Crippen LogP contribution in [0.1, 0.15) is 25.7 Å². The number of ether oxygens (including phenoxy) is 1. The van der Waals surface area contributed by atoms with Crippen LogP contribution < -0.4 is 16.8 Å². The smallest absolute Gasteiger partial charge is 0.169 e. The lowest BCUT2D eigenvalue weighted by Crippen LogP contribution is -2.16. The summed E-state index contributed by atoms with van der Waals surface area (Å²) in [6.45, 7) is 1.00. The van der Waals surface area contributed by atoms with Gasteiger partial charge in [0, 0.05) is 6.54 Å². The Labute approximate surface area is 117 Å². The van der Waals surface area contributed by atoms with Crippen LogP contribution in [0.5, 0.6) is 0 Å². The molecule has 0 saturated heterocycles. The molecular formula is C13H19ClFN3O. The zero-order valence-corrected chi connectivity index (χ0v) is 11.5. The number of nitrogen functional groups attached to an aromatic ring is 2. The molecule has 0 unspecified atom stereocenters. The highest BCUT2D eigenvalue weighted by atomic mass is 35.5. The van der Waals surface area contributed by atoms with Gasteiger partial charge < -0.3 is 21.5 Å². The van der Waals surface area contributed by atoms with Gasteiger partial charge in [-0.25, -0.2) is 4.39 Å². The summed E-state index contributed by atoms with van der Waals surface area (Å²) in [5, 5.41) is 2.80. The topological polar surface area (TPSA) is 73.3 Å². The fraction of sp³-hybridized carbons (Fsp3) is 0.538. The molecule has 0 amide bonds. The summed E-state index contributed by atoms with van der Waals surface area (Å²) in [6.07, 6.45) is 5.04. The lowest BCUT2D eigenvalue weighted by molar-refractivity contribution is 0.0659. The Morgan fingerprint density at radius 2 is 2.00 bits per heavy atom. The number of rotatable bonds is 5. The highest BCUT2D eigenvalue weighted by Gasteiger charge is 2.16. The lowest BCUT2D eigenvalue weighted by Gasteiger charge is -2.15. The molecule has 0 radical (unpaired) electrons. The van der Waals surface area contributed by atoms with E-state index >= 15 is 0 Å². The number of nitrogens with one attached hydrogen (secondary N) is 1. The molecule has 0 spiro atoms. The second-order valence-corrected chi connectivity index (χ2v) is 5.14. The Morgan fingerprint density at radius 3 is 2.68 bits per heavy atom. The summed E-state index contributed by atoms with van der Waals surface area (Å²) in [7, 11) is 0. The van der Waals surface area contributed by atoms with E-state index in [0.29, 0.717) is 19.3 Å². The van der Waals surface area contributed by atoms with Gasteiger partial charge in [-0.15, -0.1) is 0 Å². The van der Waals surface area contributed by atoms with Gasteiger partial charge in [-0.2, -0.15) is 0 Å². The Morgan fingerprint density at radius 1 is 1.32 bits per heavy atom. The molecule has 0 aliphatic heterocycles. The summed E-state index contributed by atoms with van der Waals surface area (Å²) in [6, 6.07) is 1.45. The molecule has 2 rings (SSSR count). The zero-order valence-electron chi connectivity index (χ0n) is 10.7. The maximum Gasteiger partial charge on any atom is 0.169 e. The molecule has 19 heavy (non-hydrogen) atoms. The van der Waals surface area contributed by atoms with Crippen molar-refractivity contribution in [3.05, 3.63) is 16.9 Å². The van der Waals surface area contributed by atoms with Crippen LogP contribution >= 0.6 is 11.6 Å².